The Balaban J connectivity index is -0.000000116. The zero-order valence-corrected chi connectivity index (χ0v) is 15.3. The predicted molar refractivity (Wildman–Crippen MR) is 59.1 cm³/mol. The number of carboxylic acids is 4. The van der Waals surface area contributed by atoms with Crippen molar-refractivity contribution in [1.82, 2.24) is 0 Å². The number of carbonyl (C=O) groups is 4. The number of carboxylic acid groups (broad SMARTS) is 4. The van der Waals surface area contributed by atoms with Crippen LogP contribution >= 0.6 is 0 Å². The fourth-order valence-electron chi connectivity index (χ4n) is 0.471. The Morgan fingerprint density at radius 1 is 0.650 bits per heavy atom. The van der Waals surface area contributed by atoms with Gasteiger partial charge in [0.25, 0.3) is 0 Å². The van der Waals surface area contributed by atoms with E-state index in [9.17, 15) is 39.6 Å². The summed E-state index contributed by atoms with van der Waals surface area (Å²) in [6.45, 7) is 2.23. The molecule has 100 valence electrons. The van der Waals surface area contributed by atoms with E-state index in [4.69, 9.17) is 0 Å². The molecule has 0 saturated heterocycles. The van der Waals surface area contributed by atoms with Gasteiger partial charge in [0.1, 0.15) is 0 Å². The predicted octanol–water partition coefficient (Wildman–Crippen LogP) is -5.90. The van der Waals surface area contributed by atoms with Crippen molar-refractivity contribution in [3.05, 3.63) is 23.3 Å². The van der Waals surface area contributed by atoms with Gasteiger partial charge in [-0.05, 0) is 37.1 Å². The summed E-state index contributed by atoms with van der Waals surface area (Å²) in [6, 6.07) is 0. The summed E-state index contributed by atoms with van der Waals surface area (Å²) in [4.78, 5) is 38.8. The van der Waals surface area contributed by atoms with Gasteiger partial charge in [-0.3, -0.25) is 0 Å². The number of aliphatic carboxylic acids is 4. The van der Waals surface area contributed by atoms with Crippen molar-refractivity contribution in [2.75, 3.05) is 0 Å². The van der Waals surface area contributed by atoms with E-state index in [2.05, 4.69) is 0 Å². The minimum absolute atomic E-state index is 0. The summed E-state index contributed by atoms with van der Waals surface area (Å²) in [5.74, 6) is -6.06. The van der Waals surface area contributed by atoms with E-state index in [0.29, 0.717) is 12.2 Å². The monoisotopic (exact) mass is 336 g/mol. The third-order valence-corrected chi connectivity index (χ3v) is 1.31. The first kappa shape index (κ1) is 28.1. The molecule has 0 radical (unpaired) electrons. The van der Waals surface area contributed by atoms with Crippen molar-refractivity contribution in [2.24, 2.45) is 0 Å². The fraction of sp³-hybridized carbons (Fsp3) is 0.200. The molecule has 0 amide bonds. The minimum Gasteiger partial charge on any atom is -0.545 e. The smallest absolute Gasteiger partial charge is 0.545 e. The van der Waals surface area contributed by atoms with Crippen LogP contribution in [-0.2, 0) is 19.2 Å². The molecule has 0 spiro atoms. The molecule has 0 bridgehead atoms. The van der Waals surface area contributed by atoms with Gasteiger partial charge in [0.15, 0.2) is 0 Å². The van der Waals surface area contributed by atoms with E-state index >= 15 is 0 Å². The summed E-state index contributed by atoms with van der Waals surface area (Å²) in [6.07, 6.45) is 0.935. The summed E-state index contributed by atoms with van der Waals surface area (Å²) in [5, 5.41) is 38.8. The van der Waals surface area contributed by atoms with Crippen LogP contribution in [0.2, 0.25) is 0 Å². The van der Waals surface area contributed by atoms with Gasteiger partial charge in [-0.2, -0.15) is 0 Å². The van der Waals surface area contributed by atoms with E-state index in [1.165, 1.54) is 0 Å². The molecule has 20 heavy (non-hydrogen) atoms. The van der Waals surface area contributed by atoms with E-state index < -0.39 is 23.9 Å². The molecule has 0 N–H and O–H groups in total. The summed E-state index contributed by atoms with van der Waals surface area (Å²) >= 11 is 0. The Morgan fingerprint density at radius 2 is 0.850 bits per heavy atom. The van der Waals surface area contributed by atoms with Crippen LogP contribution in [-0.4, -0.2) is 99.4 Å². The fourth-order valence-corrected chi connectivity index (χ4v) is 0.471. The van der Waals surface area contributed by atoms with Gasteiger partial charge in [0.2, 0.25) is 0 Å². The van der Waals surface area contributed by atoms with E-state index in [-0.39, 0.29) is 86.6 Å². The summed E-state index contributed by atoms with van der Waals surface area (Å²) < 4.78 is 0. The molecule has 0 heterocycles. The van der Waals surface area contributed by atoms with E-state index in [0.717, 1.165) is 13.8 Å². The van der Waals surface area contributed by atoms with Crippen LogP contribution < -0.4 is 20.4 Å². The second-order valence-electron chi connectivity index (χ2n) is 2.87. The van der Waals surface area contributed by atoms with Gasteiger partial charge in [-0.1, -0.05) is 0 Å². The summed E-state index contributed by atoms with van der Waals surface area (Å²) in [7, 11) is 0. The molecule has 0 aromatic carbocycles. The van der Waals surface area contributed by atoms with Crippen LogP contribution in [0.3, 0.4) is 0 Å². The van der Waals surface area contributed by atoms with Crippen LogP contribution in [0.1, 0.15) is 13.8 Å². The van der Waals surface area contributed by atoms with Crippen molar-refractivity contribution in [1.29, 1.82) is 0 Å². The molecule has 0 unspecified atom stereocenters. The Morgan fingerprint density at radius 3 is 0.900 bits per heavy atom. The summed E-state index contributed by atoms with van der Waals surface area (Å²) in [5.41, 5.74) is -0.704. The molecule has 0 saturated carbocycles. The Labute approximate surface area is 174 Å². The average molecular weight is 336 g/mol. The molecule has 0 fully saturated rings. The van der Waals surface area contributed by atoms with Crippen molar-refractivity contribution in [2.45, 2.75) is 13.8 Å². The number of hydrogen-bond acceptors (Lipinski definition) is 8. The Hall–Kier alpha value is -0.121. The molecule has 0 aromatic rings. The van der Waals surface area contributed by atoms with Crippen LogP contribution in [0.5, 0.6) is 0 Å². The second-order valence-corrected chi connectivity index (χ2v) is 2.87. The number of rotatable bonds is 4. The third kappa shape index (κ3) is 20.2. The first-order valence-electron chi connectivity index (χ1n) is 4.29. The molecular formula is C10H8Ca2O8. The average Bonchev–Trinajstić information content (AvgIpc) is 2.16. The standard InChI is InChI=1S/2C5H6O4.2Ca/c2*1-3(5(8)9)2-4(6)7;;/h2*2H,1H3,(H,6,7)(H,8,9);;/q;;2*+2/p-4/b3-2+;3-2-;;. The number of hydrogen-bond donors (Lipinski definition) is 0. The van der Waals surface area contributed by atoms with Crippen LogP contribution in [0.4, 0.5) is 0 Å². The zero-order valence-electron chi connectivity index (χ0n) is 10.8. The molecule has 8 nitrogen and oxygen atoms in total. The molecular weight excluding hydrogens is 328 g/mol. The van der Waals surface area contributed by atoms with E-state index in [1.807, 2.05) is 0 Å². The van der Waals surface area contributed by atoms with Gasteiger partial charge in [-0.25, -0.2) is 0 Å². The quantitative estimate of drug-likeness (QED) is 0.362. The molecule has 0 aromatic heterocycles. The van der Waals surface area contributed by atoms with Crippen molar-refractivity contribution >= 4 is 99.4 Å². The maximum Gasteiger partial charge on any atom is 2.00 e. The molecule has 0 rings (SSSR count). The van der Waals surface area contributed by atoms with Crippen LogP contribution in [0, 0.1) is 0 Å². The van der Waals surface area contributed by atoms with Gasteiger partial charge in [0, 0.05) is 0 Å². The van der Waals surface area contributed by atoms with Crippen molar-refractivity contribution in [3.63, 3.8) is 0 Å². The first-order chi connectivity index (χ1) is 8.07. The second kappa shape index (κ2) is 15.3. The van der Waals surface area contributed by atoms with E-state index in [1.54, 1.807) is 0 Å². The van der Waals surface area contributed by atoms with Gasteiger partial charge < -0.3 is 39.6 Å². The van der Waals surface area contributed by atoms with Crippen LogP contribution in [0.25, 0.3) is 0 Å². The minimum atomic E-state index is -1.53. The Kier molecular flexibility index (Phi) is 21.5. The zero-order chi connectivity index (χ0) is 14.9. The van der Waals surface area contributed by atoms with Gasteiger partial charge in [0.05, 0.1) is 23.9 Å². The molecule has 0 aliphatic rings. The maximum atomic E-state index is 9.76. The SMILES string of the molecule is C/C(=C/C(=O)[O-])C(=O)[O-].C/C(=C\C(=O)[O-])C(=O)[O-].[Ca+2].[Ca+2]. The first-order valence-corrected chi connectivity index (χ1v) is 4.29. The third-order valence-electron chi connectivity index (χ3n) is 1.31. The maximum absolute atomic E-state index is 9.76. The largest absolute Gasteiger partial charge is 2.00 e. The molecule has 0 atom stereocenters. The van der Waals surface area contributed by atoms with Gasteiger partial charge >= 0.3 is 75.5 Å². The van der Waals surface area contributed by atoms with Crippen LogP contribution in [0.15, 0.2) is 23.3 Å². The molecule has 0 aliphatic carbocycles. The normalized spacial score (nSPS) is 9.90. The molecule has 0 aliphatic heterocycles. The number of carbonyl (C=O) groups excluding carboxylic acids is 4. The topological polar surface area (TPSA) is 161 Å². The van der Waals surface area contributed by atoms with Crippen molar-refractivity contribution < 1.29 is 39.6 Å². The van der Waals surface area contributed by atoms with Gasteiger partial charge in [-0.15, -0.1) is 0 Å². The van der Waals surface area contributed by atoms with Crippen molar-refractivity contribution in [3.8, 4) is 0 Å². The molecule has 10 heteroatoms. The Bertz CT molecular complexity index is 385.